The Morgan fingerprint density at radius 3 is 2.70 bits per heavy atom. The third kappa shape index (κ3) is 4.31. The van der Waals surface area contributed by atoms with E-state index in [0.29, 0.717) is 23.7 Å². The van der Waals surface area contributed by atoms with E-state index in [2.05, 4.69) is 29.5 Å². The minimum atomic E-state index is -0.509. The van der Waals surface area contributed by atoms with E-state index >= 15 is 0 Å². The number of anilines is 1. The molecule has 7 heteroatoms. The van der Waals surface area contributed by atoms with E-state index in [4.69, 9.17) is 0 Å². The molecule has 0 fully saturated rings. The Kier molecular flexibility index (Phi) is 5.49. The first-order valence-corrected chi connectivity index (χ1v) is 8.78. The van der Waals surface area contributed by atoms with E-state index in [1.807, 2.05) is 0 Å². The fraction of sp³-hybridized carbons (Fsp3) is 0.250. The molecule has 0 aliphatic heterocycles. The van der Waals surface area contributed by atoms with Crippen molar-refractivity contribution in [3.8, 4) is 0 Å². The minimum Gasteiger partial charge on any atom is -0.349 e. The number of nitrogens with one attached hydrogen (secondary N) is 2. The van der Waals surface area contributed by atoms with Gasteiger partial charge in [0.1, 0.15) is 5.82 Å². The van der Waals surface area contributed by atoms with E-state index in [0.717, 1.165) is 6.42 Å². The number of imidazole rings is 1. The lowest BCUT2D eigenvalue weighted by Gasteiger charge is -2.06. The number of hydrogen-bond acceptors (Lipinski definition) is 3. The minimum absolute atomic E-state index is 0.105. The molecule has 0 spiro atoms. The molecule has 0 atom stereocenters. The predicted molar refractivity (Wildman–Crippen MR) is 101 cm³/mol. The lowest BCUT2D eigenvalue weighted by atomic mass is 10.1. The molecule has 2 heterocycles. The number of carbonyl (C=O) groups is 2. The summed E-state index contributed by atoms with van der Waals surface area (Å²) >= 11 is 0. The molecular weight excluding hydrogens is 347 g/mol. The number of benzene rings is 1. The van der Waals surface area contributed by atoms with Crippen molar-refractivity contribution in [2.24, 2.45) is 5.92 Å². The third-order valence-electron chi connectivity index (χ3n) is 4.06. The molecule has 140 valence electrons. The van der Waals surface area contributed by atoms with Gasteiger partial charge in [0.05, 0.1) is 5.52 Å². The summed E-state index contributed by atoms with van der Waals surface area (Å²) in [4.78, 5) is 29.4. The van der Waals surface area contributed by atoms with Gasteiger partial charge in [0.2, 0.25) is 5.82 Å². The van der Waals surface area contributed by atoms with Crippen LogP contribution in [0.3, 0.4) is 0 Å². The number of fused-ring (bicyclic) bond motifs is 1. The Labute approximate surface area is 156 Å². The standard InChI is InChI=1S/C20H21FN4O2/c1-13(2)9-10-22-20(27)18-24-17(16-8-3-4-11-25(16)18)19(26)23-15-7-5-6-14(21)12-15/h3-8,11-13H,9-10H2,1-2H3,(H,22,27)(H,23,26). The van der Waals surface area contributed by atoms with Crippen LogP contribution in [0.4, 0.5) is 10.1 Å². The van der Waals surface area contributed by atoms with Gasteiger partial charge in [-0.05, 0) is 42.7 Å². The van der Waals surface area contributed by atoms with Gasteiger partial charge in [-0.1, -0.05) is 26.0 Å². The molecule has 2 amide bonds. The monoisotopic (exact) mass is 368 g/mol. The van der Waals surface area contributed by atoms with Crippen molar-refractivity contribution in [2.75, 3.05) is 11.9 Å². The largest absolute Gasteiger partial charge is 0.349 e. The molecule has 2 N–H and O–H groups in total. The molecule has 0 aliphatic carbocycles. The van der Waals surface area contributed by atoms with Crippen molar-refractivity contribution in [2.45, 2.75) is 20.3 Å². The zero-order valence-electron chi connectivity index (χ0n) is 15.2. The van der Waals surface area contributed by atoms with E-state index in [9.17, 15) is 14.0 Å². The molecule has 0 saturated heterocycles. The summed E-state index contributed by atoms with van der Waals surface area (Å²) in [5.74, 6) is -0.700. The zero-order valence-corrected chi connectivity index (χ0v) is 15.2. The summed E-state index contributed by atoms with van der Waals surface area (Å²) in [7, 11) is 0. The van der Waals surface area contributed by atoms with Crippen LogP contribution in [-0.2, 0) is 0 Å². The second-order valence-electron chi connectivity index (χ2n) is 6.64. The molecule has 27 heavy (non-hydrogen) atoms. The second-order valence-corrected chi connectivity index (χ2v) is 6.64. The second kappa shape index (κ2) is 7.99. The summed E-state index contributed by atoms with van der Waals surface area (Å²) in [5.41, 5.74) is 0.925. The number of hydrogen-bond donors (Lipinski definition) is 2. The van der Waals surface area contributed by atoms with Gasteiger partial charge in [-0.25, -0.2) is 9.37 Å². The Morgan fingerprint density at radius 1 is 1.15 bits per heavy atom. The number of rotatable bonds is 6. The van der Waals surface area contributed by atoms with Crippen LogP contribution >= 0.6 is 0 Å². The van der Waals surface area contributed by atoms with Crippen LogP contribution in [-0.4, -0.2) is 27.7 Å². The number of pyridine rings is 1. The van der Waals surface area contributed by atoms with Gasteiger partial charge < -0.3 is 10.6 Å². The van der Waals surface area contributed by atoms with Crippen LogP contribution in [0.1, 0.15) is 41.4 Å². The Morgan fingerprint density at radius 2 is 1.96 bits per heavy atom. The topological polar surface area (TPSA) is 75.5 Å². The highest BCUT2D eigenvalue weighted by Crippen LogP contribution is 2.16. The Balaban J connectivity index is 1.87. The molecule has 0 unspecified atom stereocenters. The van der Waals surface area contributed by atoms with Crippen LogP contribution < -0.4 is 10.6 Å². The molecular formula is C20H21FN4O2. The normalized spacial score (nSPS) is 11.0. The molecule has 3 aromatic rings. The highest BCUT2D eigenvalue weighted by atomic mass is 19.1. The maximum absolute atomic E-state index is 13.3. The number of nitrogens with zero attached hydrogens (tertiary/aromatic N) is 2. The SMILES string of the molecule is CC(C)CCNC(=O)c1nc(C(=O)Nc2cccc(F)c2)c2ccccn12. The highest BCUT2D eigenvalue weighted by molar-refractivity contribution is 6.08. The molecule has 6 nitrogen and oxygen atoms in total. The van der Waals surface area contributed by atoms with Gasteiger partial charge in [0.15, 0.2) is 5.69 Å². The summed E-state index contributed by atoms with van der Waals surface area (Å²) < 4.78 is 14.9. The van der Waals surface area contributed by atoms with Crippen LogP contribution in [0.5, 0.6) is 0 Å². The molecule has 0 aliphatic rings. The van der Waals surface area contributed by atoms with Crippen LogP contribution in [0.2, 0.25) is 0 Å². The van der Waals surface area contributed by atoms with Gasteiger partial charge >= 0.3 is 0 Å². The quantitative estimate of drug-likeness (QED) is 0.699. The van der Waals surface area contributed by atoms with Crippen LogP contribution in [0, 0.1) is 11.7 Å². The van der Waals surface area contributed by atoms with E-state index in [-0.39, 0.29) is 17.4 Å². The number of amides is 2. The summed E-state index contributed by atoms with van der Waals surface area (Å²) in [5, 5.41) is 5.44. The molecule has 3 rings (SSSR count). The van der Waals surface area contributed by atoms with Crippen LogP contribution in [0.25, 0.3) is 5.52 Å². The lowest BCUT2D eigenvalue weighted by molar-refractivity contribution is 0.0941. The fourth-order valence-electron chi connectivity index (χ4n) is 2.68. The van der Waals surface area contributed by atoms with E-state index in [1.165, 1.54) is 18.2 Å². The number of aromatic nitrogens is 2. The average molecular weight is 368 g/mol. The van der Waals surface area contributed by atoms with Crippen molar-refractivity contribution >= 4 is 23.0 Å². The van der Waals surface area contributed by atoms with Crippen molar-refractivity contribution in [1.82, 2.24) is 14.7 Å². The van der Waals surface area contributed by atoms with Crippen LogP contribution in [0.15, 0.2) is 48.7 Å². The highest BCUT2D eigenvalue weighted by Gasteiger charge is 2.21. The molecule has 1 aromatic carbocycles. The maximum Gasteiger partial charge on any atom is 0.287 e. The fourth-order valence-corrected chi connectivity index (χ4v) is 2.68. The maximum atomic E-state index is 13.3. The van der Waals surface area contributed by atoms with Gasteiger partial charge in [-0.15, -0.1) is 0 Å². The zero-order chi connectivity index (χ0) is 19.4. The van der Waals surface area contributed by atoms with Gasteiger partial charge in [-0.2, -0.15) is 0 Å². The Bertz CT molecular complexity index is 981. The molecule has 0 saturated carbocycles. The van der Waals surface area contributed by atoms with Crippen molar-refractivity contribution in [3.63, 3.8) is 0 Å². The summed E-state index contributed by atoms with van der Waals surface area (Å²) in [6, 6.07) is 10.8. The van der Waals surface area contributed by atoms with Crippen molar-refractivity contribution in [1.29, 1.82) is 0 Å². The van der Waals surface area contributed by atoms with Gasteiger partial charge in [0, 0.05) is 18.4 Å². The summed E-state index contributed by atoms with van der Waals surface area (Å²) in [6.07, 6.45) is 2.53. The van der Waals surface area contributed by atoms with E-state index < -0.39 is 11.7 Å². The van der Waals surface area contributed by atoms with Gasteiger partial charge in [-0.3, -0.25) is 14.0 Å². The lowest BCUT2D eigenvalue weighted by Crippen LogP contribution is -2.27. The predicted octanol–water partition coefficient (Wildman–Crippen LogP) is 3.50. The van der Waals surface area contributed by atoms with Gasteiger partial charge in [0.25, 0.3) is 11.8 Å². The first kappa shape index (κ1) is 18.6. The Hall–Kier alpha value is -3.22. The summed E-state index contributed by atoms with van der Waals surface area (Å²) in [6.45, 7) is 4.68. The average Bonchev–Trinajstić information content (AvgIpc) is 3.01. The molecule has 0 bridgehead atoms. The first-order chi connectivity index (χ1) is 13.0. The smallest absolute Gasteiger partial charge is 0.287 e. The number of halogens is 1. The van der Waals surface area contributed by atoms with Crippen molar-refractivity contribution < 1.29 is 14.0 Å². The van der Waals surface area contributed by atoms with E-state index in [1.54, 1.807) is 34.9 Å². The number of carbonyl (C=O) groups excluding carboxylic acids is 2. The van der Waals surface area contributed by atoms with Crippen molar-refractivity contribution in [3.05, 3.63) is 66.0 Å². The molecule has 0 radical (unpaired) electrons. The third-order valence-corrected chi connectivity index (χ3v) is 4.06. The first-order valence-electron chi connectivity index (χ1n) is 8.78. The molecule has 2 aromatic heterocycles.